The molecule has 2 nitrogen and oxygen atoms in total. The highest BCUT2D eigenvalue weighted by Crippen LogP contribution is 2.65. The molecule has 112 valence electrons. The molecular formula is C18H21IO2. The van der Waals surface area contributed by atoms with Crippen LogP contribution in [0.1, 0.15) is 43.7 Å². The SMILES string of the molecule is CC1(CI)CC2(C=C3C(O)CCCC32)c2c(O)cccc21. The smallest absolute Gasteiger partial charge is 0.119 e. The quantitative estimate of drug-likeness (QED) is 0.431. The Bertz CT molecular complexity index is 638. The van der Waals surface area contributed by atoms with E-state index in [1.807, 2.05) is 12.1 Å². The van der Waals surface area contributed by atoms with Crippen molar-refractivity contribution in [2.75, 3.05) is 4.43 Å². The normalized spacial score (nSPS) is 40.4. The number of aliphatic hydroxyl groups is 1. The Morgan fingerprint density at radius 1 is 1.33 bits per heavy atom. The first kappa shape index (κ1) is 14.1. The Morgan fingerprint density at radius 3 is 2.90 bits per heavy atom. The summed E-state index contributed by atoms with van der Waals surface area (Å²) in [6.07, 6.45) is 6.24. The van der Waals surface area contributed by atoms with Crippen molar-refractivity contribution < 1.29 is 10.2 Å². The summed E-state index contributed by atoms with van der Waals surface area (Å²) in [4.78, 5) is 0. The zero-order valence-corrected chi connectivity index (χ0v) is 14.4. The van der Waals surface area contributed by atoms with Crippen LogP contribution in [0.4, 0.5) is 0 Å². The van der Waals surface area contributed by atoms with Gasteiger partial charge >= 0.3 is 0 Å². The van der Waals surface area contributed by atoms with E-state index in [1.165, 1.54) is 11.1 Å². The second-order valence-electron chi connectivity index (χ2n) is 7.25. The first-order chi connectivity index (χ1) is 10.0. The van der Waals surface area contributed by atoms with Gasteiger partial charge in [-0.05, 0) is 48.8 Å². The van der Waals surface area contributed by atoms with Crippen molar-refractivity contribution in [3.05, 3.63) is 41.0 Å². The van der Waals surface area contributed by atoms with Gasteiger partial charge in [0.2, 0.25) is 0 Å². The summed E-state index contributed by atoms with van der Waals surface area (Å²) in [6, 6.07) is 5.98. The number of phenols is 1. The van der Waals surface area contributed by atoms with Gasteiger partial charge in [-0.15, -0.1) is 0 Å². The number of fused-ring (bicyclic) bond motifs is 4. The van der Waals surface area contributed by atoms with Crippen molar-refractivity contribution in [3.63, 3.8) is 0 Å². The molecule has 0 amide bonds. The van der Waals surface area contributed by atoms with Crippen LogP contribution >= 0.6 is 22.6 Å². The Kier molecular flexibility index (Phi) is 3.00. The van der Waals surface area contributed by atoms with Crippen LogP contribution in [0.15, 0.2) is 29.8 Å². The second-order valence-corrected chi connectivity index (χ2v) is 8.02. The van der Waals surface area contributed by atoms with E-state index in [1.54, 1.807) is 0 Å². The van der Waals surface area contributed by atoms with Gasteiger partial charge in [-0.1, -0.05) is 47.7 Å². The lowest BCUT2D eigenvalue weighted by Gasteiger charge is -2.51. The van der Waals surface area contributed by atoms with Gasteiger partial charge in [0, 0.05) is 20.8 Å². The predicted octanol–water partition coefficient (Wildman–Crippen LogP) is 3.83. The lowest BCUT2D eigenvalue weighted by molar-refractivity contribution is 0.112. The predicted molar refractivity (Wildman–Crippen MR) is 92.1 cm³/mol. The zero-order chi connectivity index (χ0) is 14.8. The number of halogens is 1. The minimum absolute atomic E-state index is 0.0304. The fourth-order valence-electron chi connectivity index (χ4n) is 5.04. The fraction of sp³-hybridized carbons (Fsp3) is 0.556. The van der Waals surface area contributed by atoms with Crippen molar-refractivity contribution >= 4 is 22.6 Å². The standard InChI is InChI=1S/C18H21IO2/c1-17(10-19)9-18(16-13(17)5-3-7-15(16)21)8-11-12(18)4-2-6-14(11)20/h3,5,7-8,12,14,20-21H,2,4,6,9-10H2,1H3. The Balaban J connectivity index is 1.91. The molecule has 3 heteroatoms. The van der Waals surface area contributed by atoms with Crippen molar-refractivity contribution in [2.24, 2.45) is 5.92 Å². The number of aliphatic hydroxyl groups excluding tert-OH is 1. The maximum Gasteiger partial charge on any atom is 0.119 e. The molecule has 0 radical (unpaired) electrons. The molecule has 1 saturated carbocycles. The summed E-state index contributed by atoms with van der Waals surface area (Å²) in [5, 5.41) is 20.7. The molecule has 4 atom stereocenters. The van der Waals surface area contributed by atoms with Gasteiger partial charge in [-0.2, -0.15) is 0 Å². The maximum absolute atomic E-state index is 10.5. The second kappa shape index (κ2) is 4.48. The number of hydrogen-bond acceptors (Lipinski definition) is 2. The number of rotatable bonds is 1. The largest absolute Gasteiger partial charge is 0.508 e. The third-order valence-corrected chi connectivity index (χ3v) is 7.62. The van der Waals surface area contributed by atoms with Gasteiger partial charge in [-0.25, -0.2) is 0 Å². The summed E-state index contributed by atoms with van der Waals surface area (Å²) in [5.74, 6) is 0.870. The van der Waals surface area contributed by atoms with Crippen molar-refractivity contribution in [2.45, 2.75) is 49.5 Å². The lowest BCUT2D eigenvalue weighted by Crippen LogP contribution is -2.47. The summed E-state index contributed by atoms with van der Waals surface area (Å²) in [7, 11) is 0. The van der Waals surface area contributed by atoms with E-state index >= 15 is 0 Å². The summed E-state index contributed by atoms with van der Waals surface area (Å²) >= 11 is 2.47. The zero-order valence-electron chi connectivity index (χ0n) is 12.3. The van der Waals surface area contributed by atoms with Crippen LogP contribution in [0.25, 0.3) is 0 Å². The van der Waals surface area contributed by atoms with E-state index in [0.717, 1.165) is 35.7 Å². The van der Waals surface area contributed by atoms with Crippen LogP contribution in [0.3, 0.4) is 0 Å². The number of phenolic OH excluding ortho intramolecular Hbond substituents is 1. The first-order valence-electron chi connectivity index (χ1n) is 7.81. The van der Waals surface area contributed by atoms with E-state index in [-0.39, 0.29) is 16.9 Å². The van der Waals surface area contributed by atoms with E-state index < -0.39 is 0 Å². The van der Waals surface area contributed by atoms with Gasteiger partial charge in [0.05, 0.1) is 6.10 Å². The minimum Gasteiger partial charge on any atom is -0.508 e. The molecular weight excluding hydrogens is 375 g/mol. The van der Waals surface area contributed by atoms with Crippen LogP contribution in [-0.2, 0) is 10.8 Å². The highest BCUT2D eigenvalue weighted by atomic mass is 127. The highest BCUT2D eigenvalue weighted by Gasteiger charge is 2.59. The average molecular weight is 396 g/mol. The molecule has 3 aliphatic rings. The van der Waals surface area contributed by atoms with E-state index in [9.17, 15) is 10.2 Å². The van der Waals surface area contributed by atoms with E-state index in [2.05, 4.69) is 41.7 Å². The van der Waals surface area contributed by atoms with Gasteiger partial charge in [-0.3, -0.25) is 0 Å². The van der Waals surface area contributed by atoms with Gasteiger partial charge in [0.25, 0.3) is 0 Å². The molecule has 1 aromatic rings. The van der Waals surface area contributed by atoms with Crippen LogP contribution < -0.4 is 0 Å². The molecule has 0 heterocycles. The molecule has 0 aromatic heterocycles. The van der Waals surface area contributed by atoms with Gasteiger partial charge < -0.3 is 10.2 Å². The van der Waals surface area contributed by atoms with E-state index in [0.29, 0.717) is 11.7 Å². The van der Waals surface area contributed by atoms with Gasteiger partial charge in [0.15, 0.2) is 0 Å². The van der Waals surface area contributed by atoms with Crippen LogP contribution in [0.5, 0.6) is 5.75 Å². The van der Waals surface area contributed by atoms with Crippen molar-refractivity contribution in [1.29, 1.82) is 0 Å². The molecule has 2 N–H and O–H groups in total. The fourth-order valence-corrected chi connectivity index (χ4v) is 5.72. The lowest BCUT2D eigenvalue weighted by atomic mass is 9.53. The Hall–Kier alpha value is -0.550. The molecule has 1 spiro atoms. The summed E-state index contributed by atoms with van der Waals surface area (Å²) in [5.41, 5.74) is 3.78. The Morgan fingerprint density at radius 2 is 2.14 bits per heavy atom. The Labute approximate surface area is 139 Å². The molecule has 0 saturated heterocycles. The van der Waals surface area contributed by atoms with Crippen LogP contribution in [0.2, 0.25) is 0 Å². The number of allylic oxidation sites excluding steroid dienone is 1. The van der Waals surface area contributed by atoms with Crippen LogP contribution in [-0.4, -0.2) is 20.7 Å². The third-order valence-electron chi connectivity index (χ3n) is 5.94. The molecule has 3 aliphatic carbocycles. The number of alkyl halides is 1. The molecule has 0 bridgehead atoms. The molecule has 1 aromatic carbocycles. The minimum atomic E-state index is -0.255. The highest BCUT2D eigenvalue weighted by molar-refractivity contribution is 14.1. The summed E-state index contributed by atoms with van der Waals surface area (Å²) < 4.78 is 1.06. The molecule has 21 heavy (non-hydrogen) atoms. The van der Waals surface area contributed by atoms with Crippen molar-refractivity contribution in [1.82, 2.24) is 0 Å². The average Bonchev–Trinajstić information content (AvgIpc) is 2.74. The molecule has 0 aliphatic heterocycles. The van der Waals surface area contributed by atoms with E-state index in [4.69, 9.17) is 0 Å². The van der Waals surface area contributed by atoms with Crippen molar-refractivity contribution in [3.8, 4) is 5.75 Å². The number of hydrogen-bond donors (Lipinski definition) is 2. The molecule has 4 rings (SSSR count). The maximum atomic E-state index is 10.5. The third kappa shape index (κ3) is 1.68. The first-order valence-corrected chi connectivity index (χ1v) is 9.34. The number of aromatic hydroxyl groups is 1. The number of benzene rings is 1. The summed E-state index contributed by atoms with van der Waals surface area (Å²) in [6.45, 7) is 2.32. The molecule has 1 fully saturated rings. The topological polar surface area (TPSA) is 40.5 Å². The van der Waals surface area contributed by atoms with Crippen LogP contribution in [0, 0.1) is 5.92 Å². The monoisotopic (exact) mass is 396 g/mol. The van der Waals surface area contributed by atoms with Gasteiger partial charge in [0.1, 0.15) is 5.75 Å². The molecule has 4 unspecified atom stereocenters.